The Morgan fingerprint density at radius 3 is 2.18 bits per heavy atom. The molecule has 238 valence electrons. The lowest BCUT2D eigenvalue weighted by Gasteiger charge is -2.35. The molecule has 8 nitrogen and oxygen atoms in total. The van der Waals surface area contributed by atoms with E-state index in [-0.39, 0.29) is 29.2 Å². The molecule has 2 amide bonds. The molecular weight excluding hydrogens is 618 g/mol. The summed E-state index contributed by atoms with van der Waals surface area (Å²) in [6.07, 6.45) is 4.99. The van der Waals surface area contributed by atoms with E-state index in [4.69, 9.17) is 23.2 Å². The van der Waals surface area contributed by atoms with Gasteiger partial charge < -0.3 is 14.7 Å². The lowest BCUT2D eigenvalue weighted by atomic mass is 9.90. The molecule has 2 fully saturated rings. The summed E-state index contributed by atoms with van der Waals surface area (Å²) in [7, 11) is 0. The molecule has 3 aromatic rings. The summed E-state index contributed by atoms with van der Waals surface area (Å²) in [6.45, 7) is 4.25. The molecule has 2 saturated heterocycles. The third-order valence-corrected chi connectivity index (χ3v) is 9.68. The first kappa shape index (κ1) is 32.9. The summed E-state index contributed by atoms with van der Waals surface area (Å²) in [5.74, 6) is -0.0589. The first-order chi connectivity index (χ1) is 21.7. The van der Waals surface area contributed by atoms with Crippen molar-refractivity contribution in [2.45, 2.75) is 38.5 Å². The van der Waals surface area contributed by atoms with Crippen molar-refractivity contribution in [1.82, 2.24) is 9.80 Å². The molecule has 0 bridgehead atoms. The minimum absolute atomic E-state index is 0.00818. The van der Waals surface area contributed by atoms with Crippen molar-refractivity contribution in [2.75, 3.05) is 44.2 Å². The Balaban J connectivity index is 1.15. The van der Waals surface area contributed by atoms with Gasteiger partial charge in [-0.2, -0.15) is 0 Å². The quantitative estimate of drug-likeness (QED) is 0.169. The van der Waals surface area contributed by atoms with Gasteiger partial charge in [0.05, 0.1) is 15.0 Å². The minimum atomic E-state index is -0.495. The van der Waals surface area contributed by atoms with Crippen LogP contribution >= 0.6 is 23.2 Å². The summed E-state index contributed by atoms with van der Waals surface area (Å²) in [5.41, 5.74) is 2.20. The molecule has 0 N–H and O–H groups in total. The average Bonchev–Trinajstić information content (AvgIpc) is 3.06. The Hall–Kier alpha value is -3.53. The van der Waals surface area contributed by atoms with Crippen LogP contribution in [0.1, 0.15) is 48.0 Å². The van der Waals surface area contributed by atoms with E-state index in [1.165, 1.54) is 42.0 Å². The van der Waals surface area contributed by atoms with Gasteiger partial charge in [-0.15, -0.1) is 0 Å². The van der Waals surface area contributed by atoms with E-state index in [9.17, 15) is 24.1 Å². The van der Waals surface area contributed by atoms with Crippen molar-refractivity contribution in [2.24, 2.45) is 11.8 Å². The van der Waals surface area contributed by atoms with Crippen LogP contribution in [0, 0.1) is 27.8 Å². The van der Waals surface area contributed by atoms with Gasteiger partial charge in [0.1, 0.15) is 5.82 Å². The van der Waals surface area contributed by atoms with Crippen LogP contribution in [-0.4, -0.2) is 65.8 Å². The summed E-state index contributed by atoms with van der Waals surface area (Å²) < 4.78 is 13.3. The number of nitro groups is 1. The van der Waals surface area contributed by atoms with E-state index in [0.717, 1.165) is 45.3 Å². The SMILES string of the molecule is O=C(c1ccc([N+](=O)[O-])cc1)N1CCC(C(=O)N(CCCN2CCC(Cc3ccc(F)cc3)CC2)c2ccc(Cl)c(Cl)c2)CC1. The lowest BCUT2D eigenvalue weighted by molar-refractivity contribution is -0.384. The lowest BCUT2D eigenvalue weighted by Crippen LogP contribution is -2.45. The Labute approximate surface area is 272 Å². The average molecular weight is 656 g/mol. The number of halogens is 3. The molecule has 2 aliphatic heterocycles. The monoisotopic (exact) mass is 654 g/mol. The number of hydrogen-bond acceptors (Lipinski definition) is 5. The van der Waals surface area contributed by atoms with Gasteiger partial charge in [-0.3, -0.25) is 19.7 Å². The first-order valence-corrected chi connectivity index (χ1v) is 16.2. The maximum Gasteiger partial charge on any atom is 0.269 e. The zero-order valence-corrected chi connectivity index (χ0v) is 26.6. The molecule has 3 aromatic carbocycles. The molecule has 11 heteroatoms. The molecule has 45 heavy (non-hydrogen) atoms. The van der Waals surface area contributed by atoms with Crippen molar-refractivity contribution < 1.29 is 18.9 Å². The van der Waals surface area contributed by atoms with Crippen molar-refractivity contribution in [1.29, 1.82) is 0 Å². The summed E-state index contributed by atoms with van der Waals surface area (Å²) in [5, 5.41) is 11.8. The normalized spacial score (nSPS) is 16.5. The van der Waals surface area contributed by atoms with Gasteiger partial charge in [0.2, 0.25) is 5.91 Å². The number of non-ortho nitro benzene ring substituents is 1. The maximum atomic E-state index is 13.9. The summed E-state index contributed by atoms with van der Waals surface area (Å²) >= 11 is 12.5. The van der Waals surface area contributed by atoms with Crippen LogP contribution < -0.4 is 4.90 Å². The molecule has 0 spiro atoms. The van der Waals surface area contributed by atoms with E-state index in [1.54, 1.807) is 17.0 Å². The van der Waals surface area contributed by atoms with Gasteiger partial charge in [-0.25, -0.2) is 4.39 Å². The minimum Gasteiger partial charge on any atom is -0.339 e. The first-order valence-electron chi connectivity index (χ1n) is 15.4. The molecule has 2 heterocycles. The molecule has 2 aliphatic rings. The number of nitro benzene ring substituents is 1. The number of benzene rings is 3. The Kier molecular flexibility index (Phi) is 11.1. The van der Waals surface area contributed by atoms with E-state index in [2.05, 4.69) is 4.90 Å². The van der Waals surface area contributed by atoms with Crippen LogP contribution in [0.2, 0.25) is 10.0 Å². The summed E-state index contributed by atoms with van der Waals surface area (Å²) in [6, 6.07) is 17.6. The van der Waals surface area contributed by atoms with Crippen molar-refractivity contribution in [3.05, 3.63) is 104 Å². The Bertz CT molecular complexity index is 1490. The number of anilines is 1. The van der Waals surface area contributed by atoms with E-state index >= 15 is 0 Å². The van der Waals surface area contributed by atoms with Crippen LogP contribution in [-0.2, 0) is 11.2 Å². The summed E-state index contributed by atoms with van der Waals surface area (Å²) in [4.78, 5) is 43.3. The Morgan fingerprint density at radius 2 is 1.56 bits per heavy atom. The van der Waals surface area contributed by atoms with Crippen LogP contribution in [0.25, 0.3) is 0 Å². The van der Waals surface area contributed by atoms with Crippen molar-refractivity contribution in [3.63, 3.8) is 0 Å². The van der Waals surface area contributed by atoms with Gasteiger partial charge >= 0.3 is 0 Å². The van der Waals surface area contributed by atoms with Crippen LogP contribution in [0.5, 0.6) is 0 Å². The fraction of sp³-hybridized carbons (Fsp3) is 0.412. The topological polar surface area (TPSA) is 87.0 Å². The maximum absolute atomic E-state index is 13.9. The molecule has 0 atom stereocenters. The second kappa shape index (κ2) is 15.2. The van der Waals surface area contributed by atoms with Crippen LogP contribution in [0.4, 0.5) is 15.8 Å². The van der Waals surface area contributed by atoms with E-state index in [1.807, 2.05) is 23.1 Å². The van der Waals surface area contributed by atoms with Gasteiger partial charge in [-0.1, -0.05) is 35.3 Å². The molecular formula is C34H37Cl2FN4O4. The smallest absolute Gasteiger partial charge is 0.269 e. The number of carbonyl (C=O) groups excluding carboxylic acids is 2. The zero-order valence-electron chi connectivity index (χ0n) is 25.0. The van der Waals surface area contributed by atoms with E-state index in [0.29, 0.717) is 59.7 Å². The molecule has 0 radical (unpaired) electrons. The van der Waals surface area contributed by atoms with Crippen LogP contribution in [0.3, 0.4) is 0 Å². The van der Waals surface area contributed by atoms with Crippen molar-refractivity contribution >= 4 is 46.4 Å². The highest BCUT2D eigenvalue weighted by atomic mass is 35.5. The third kappa shape index (κ3) is 8.60. The highest BCUT2D eigenvalue weighted by Crippen LogP contribution is 2.30. The second-order valence-electron chi connectivity index (χ2n) is 11.9. The number of hydrogen-bond donors (Lipinski definition) is 0. The molecule has 0 unspecified atom stereocenters. The van der Waals surface area contributed by atoms with Gasteiger partial charge in [0.15, 0.2) is 0 Å². The van der Waals surface area contributed by atoms with Gasteiger partial charge in [0.25, 0.3) is 11.6 Å². The molecule has 0 aromatic heterocycles. The van der Waals surface area contributed by atoms with Gasteiger partial charge in [0, 0.05) is 48.9 Å². The number of carbonyl (C=O) groups is 2. The van der Waals surface area contributed by atoms with Crippen molar-refractivity contribution in [3.8, 4) is 0 Å². The highest BCUT2D eigenvalue weighted by Gasteiger charge is 2.32. The largest absolute Gasteiger partial charge is 0.339 e. The number of nitrogens with zero attached hydrogens (tertiary/aromatic N) is 4. The molecule has 0 aliphatic carbocycles. The van der Waals surface area contributed by atoms with Crippen LogP contribution in [0.15, 0.2) is 66.7 Å². The fourth-order valence-electron chi connectivity index (χ4n) is 6.30. The highest BCUT2D eigenvalue weighted by molar-refractivity contribution is 6.42. The predicted molar refractivity (Wildman–Crippen MR) is 174 cm³/mol. The number of piperidine rings is 2. The molecule has 0 saturated carbocycles. The number of amides is 2. The molecule has 5 rings (SSSR count). The third-order valence-electron chi connectivity index (χ3n) is 8.94. The number of likely N-dealkylation sites (tertiary alicyclic amines) is 2. The second-order valence-corrected chi connectivity index (χ2v) is 12.7. The standard InChI is InChI=1S/C34H37Cl2FN4O4/c35-31-11-10-30(23-32(31)36)40(17-1-16-38-18-12-25(13-19-38)22-24-2-6-28(37)7-3-24)34(43)27-14-20-39(21-15-27)33(42)26-4-8-29(9-5-26)41(44)45/h2-11,23,25,27H,1,12-22H2. The number of rotatable bonds is 10. The van der Waals surface area contributed by atoms with Gasteiger partial charge in [-0.05, 0) is 112 Å². The zero-order chi connectivity index (χ0) is 31.9. The predicted octanol–water partition coefficient (Wildman–Crippen LogP) is 7.27. The fourth-order valence-corrected chi connectivity index (χ4v) is 6.59. The Morgan fingerprint density at radius 1 is 0.889 bits per heavy atom. The van der Waals surface area contributed by atoms with E-state index < -0.39 is 4.92 Å².